The van der Waals surface area contributed by atoms with Gasteiger partial charge in [0.2, 0.25) is 11.2 Å². The minimum atomic E-state index is -0.143. The van der Waals surface area contributed by atoms with Gasteiger partial charge < -0.3 is 15.3 Å². The van der Waals surface area contributed by atoms with Crippen LogP contribution in [-0.4, -0.2) is 52.2 Å². The number of hydrazine groups is 1. The molecule has 0 unspecified atom stereocenters. The highest BCUT2D eigenvalue weighted by Crippen LogP contribution is 2.04. The average Bonchev–Trinajstić information content (AvgIpc) is 2.52. The molecule has 0 aromatic rings. The van der Waals surface area contributed by atoms with Gasteiger partial charge >= 0.3 is 0 Å². The molecule has 0 aromatic carbocycles. The lowest BCUT2D eigenvalue weighted by Crippen LogP contribution is -2.36. The molecule has 0 aromatic heterocycles. The van der Waals surface area contributed by atoms with E-state index in [9.17, 15) is 10.0 Å². The van der Waals surface area contributed by atoms with Crippen molar-refractivity contribution in [1.29, 1.82) is 0 Å². The van der Waals surface area contributed by atoms with E-state index >= 15 is 0 Å². The minimum Gasteiger partial charge on any atom is -0.569 e. The van der Waals surface area contributed by atoms with Crippen molar-refractivity contribution in [1.82, 2.24) is 9.91 Å². The monoisotopic (exact) mass is 214 g/mol. The van der Waals surface area contributed by atoms with Crippen LogP contribution in [-0.2, 0) is 4.79 Å². The molecular formula is C8H14N4O3. The summed E-state index contributed by atoms with van der Waals surface area (Å²) in [5, 5.41) is 23.1. The third-order valence-corrected chi connectivity index (χ3v) is 2.28. The van der Waals surface area contributed by atoms with Gasteiger partial charge in [-0.25, -0.2) is 0 Å². The van der Waals surface area contributed by atoms with E-state index in [-0.39, 0.29) is 10.9 Å². The largest absolute Gasteiger partial charge is 0.569 e. The lowest BCUT2D eigenvalue weighted by atomic mass is 10.4. The summed E-state index contributed by atoms with van der Waals surface area (Å²) in [6, 6.07) is 0. The van der Waals surface area contributed by atoms with Crippen molar-refractivity contribution < 1.29 is 15.0 Å². The van der Waals surface area contributed by atoms with Crippen LogP contribution in [0.1, 0.15) is 6.42 Å². The number of hydrogen-bond donors (Lipinski definition) is 1. The molecule has 7 heteroatoms. The van der Waals surface area contributed by atoms with E-state index in [0.717, 1.165) is 0 Å². The fraction of sp³-hybridized carbons (Fsp3) is 0.625. The summed E-state index contributed by atoms with van der Waals surface area (Å²) in [6.07, 6.45) is 1.91. The van der Waals surface area contributed by atoms with E-state index < -0.39 is 0 Å². The first-order chi connectivity index (χ1) is 7.19. The predicted octanol–water partition coefficient (Wildman–Crippen LogP) is -0.0266. The molecule has 1 aliphatic heterocycles. The summed E-state index contributed by atoms with van der Waals surface area (Å²) in [5.74, 6) is -0.143. The Bertz CT molecular complexity index is 269. The van der Waals surface area contributed by atoms with Gasteiger partial charge in [-0.05, 0) is 12.5 Å². The highest BCUT2D eigenvalue weighted by Gasteiger charge is 2.21. The van der Waals surface area contributed by atoms with Crippen LogP contribution < -0.4 is 0 Å². The molecule has 15 heavy (non-hydrogen) atoms. The quantitative estimate of drug-likeness (QED) is 0.303. The molecular weight excluding hydrogens is 200 g/mol. The second kappa shape index (κ2) is 5.18. The van der Waals surface area contributed by atoms with Gasteiger partial charge in [-0.15, -0.1) is 5.01 Å². The van der Waals surface area contributed by atoms with Crippen molar-refractivity contribution in [3.8, 4) is 0 Å². The van der Waals surface area contributed by atoms with Crippen LogP contribution in [0.25, 0.3) is 0 Å². The Morgan fingerprint density at radius 1 is 1.47 bits per heavy atom. The molecule has 0 saturated carbocycles. The molecule has 84 valence electrons. The molecule has 0 radical (unpaired) electrons. The SMILES string of the molecule is C=CC(=O)N1CCCN([N+]([O-])=NO)CC1. The molecule has 1 aliphatic rings. The van der Waals surface area contributed by atoms with E-state index in [1.54, 1.807) is 4.90 Å². The summed E-state index contributed by atoms with van der Waals surface area (Å²) in [5.41, 5.74) is 0. The molecule has 0 bridgehead atoms. The van der Waals surface area contributed by atoms with E-state index in [4.69, 9.17) is 5.21 Å². The Balaban J connectivity index is 2.56. The molecule has 1 N–H and O–H groups in total. The maximum Gasteiger partial charge on any atom is 0.246 e. The van der Waals surface area contributed by atoms with E-state index in [2.05, 4.69) is 11.9 Å². The number of hydrogen-bond acceptors (Lipinski definition) is 3. The summed E-state index contributed by atoms with van der Waals surface area (Å²) in [4.78, 5) is 13.0. The molecule has 1 saturated heterocycles. The van der Waals surface area contributed by atoms with E-state index in [1.807, 2.05) is 0 Å². The predicted molar refractivity (Wildman–Crippen MR) is 50.8 cm³/mol. The lowest BCUT2D eigenvalue weighted by Gasteiger charge is -2.18. The third-order valence-electron chi connectivity index (χ3n) is 2.28. The van der Waals surface area contributed by atoms with Crippen molar-refractivity contribution in [2.75, 3.05) is 26.2 Å². The topological polar surface area (TPSA) is 82.2 Å². The maximum absolute atomic E-state index is 11.3. The molecule has 1 fully saturated rings. The summed E-state index contributed by atoms with van der Waals surface area (Å²) in [7, 11) is 0. The van der Waals surface area contributed by atoms with Gasteiger partial charge in [0.1, 0.15) is 0 Å². The smallest absolute Gasteiger partial charge is 0.246 e. The van der Waals surface area contributed by atoms with Crippen LogP contribution in [0.4, 0.5) is 0 Å². The highest BCUT2D eigenvalue weighted by molar-refractivity contribution is 5.86. The van der Waals surface area contributed by atoms with Crippen LogP contribution in [0, 0.1) is 5.21 Å². The lowest BCUT2D eigenvalue weighted by molar-refractivity contribution is -0.709. The fourth-order valence-corrected chi connectivity index (χ4v) is 1.48. The van der Waals surface area contributed by atoms with Crippen molar-refractivity contribution in [2.24, 2.45) is 5.28 Å². The molecule has 0 aliphatic carbocycles. The summed E-state index contributed by atoms with van der Waals surface area (Å²) in [6.45, 7) is 5.24. The van der Waals surface area contributed by atoms with Crippen molar-refractivity contribution in [3.05, 3.63) is 17.9 Å². The van der Waals surface area contributed by atoms with Gasteiger partial charge in [-0.2, -0.15) is 0 Å². The molecule has 0 atom stereocenters. The van der Waals surface area contributed by atoms with Gasteiger partial charge in [-0.1, -0.05) is 6.58 Å². The molecule has 1 rings (SSSR count). The highest BCUT2D eigenvalue weighted by atomic mass is 16.6. The molecule has 0 spiro atoms. The Morgan fingerprint density at radius 2 is 2.20 bits per heavy atom. The Kier molecular flexibility index (Phi) is 3.90. The first-order valence-corrected chi connectivity index (χ1v) is 4.67. The van der Waals surface area contributed by atoms with Crippen molar-refractivity contribution >= 4 is 5.91 Å². The molecule has 1 amide bonds. The zero-order valence-corrected chi connectivity index (χ0v) is 8.37. The number of nitrogens with zero attached hydrogens (tertiary/aromatic N) is 4. The number of carbonyl (C=O) groups is 1. The molecule has 1 heterocycles. The van der Waals surface area contributed by atoms with Gasteiger partial charge in [0.05, 0.1) is 18.1 Å². The zero-order chi connectivity index (χ0) is 11.3. The van der Waals surface area contributed by atoms with Gasteiger partial charge in [0, 0.05) is 13.1 Å². The second-order valence-electron chi connectivity index (χ2n) is 3.18. The Labute approximate surface area is 87.4 Å². The van der Waals surface area contributed by atoms with E-state index in [1.165, 1.54) is 11.1 Å². The van der Waals surface area contributed by atoms with E-state index in [0.29, 0.717) is 32.6 Å². The Morgan fingerprint density at radius 3 is 2.80 bits per heavy atom. The zero-order valence-electron chi connectivity index (χ0n) is 8.37. The van der Waals surface area contributed by atoms with Crippen LogP contribution in [0.2, 0.25) is 0 Å². The first-order valence-electron chi connectivity index (χ1n) is 4.67. The van der Waals surface area contributed by atoms with Crippen molar-refractivity contribution in [2.45, 2.75) is 6.42 Å². The first kappa shape index (κ1) is 11.3. The second-order valence-corrected chi connectivity index (χ2v) is 3.18. The molecule has 7 nitrogen and oxygen atoms in total. The number of carbonyl (C=O) groups excluding carboxylic acids is 1. The van der Waals surface area contributed by atoms with Gasteiger partial charge in [0.25, 0.3) is 0 Å². The van der Waals surface area contributed by atoms with Crippen LogP contribution in [0.15, 0.2) is 17.9 Å². The van der Waals surface area contributed by atoms with Gasteiger partial charge in [0.15, 0.2) is 0 Å². The van der Waals surface area contributed by atoms with Gasteiger partial charge in [-0.3, -0.25) is 4.79 Å². The average molecular weight is 214 g/mol. The summed E-state index contributed by atoms with van der Waals surface area (Å²) >= 11 is 0. The minimum absolute atomic E-state index is 0.141. The Hall–Kier alpha value is -1.79. The standard InChI is InChI=1S/C8H14N4O3/c1-2-8(13)10-4-3-5-11(7-6-10)12(15)9-14/h2,14H,1,3-7H2. The summed E-state index contributed by atoms with van der Waals surface area (Å²) < 4.78 is 0. The van der Waals surface area contributed by atoms with Crippen LogP contribution in [0.5, 0.6) is 0 Å². The van der Waals surface area contributed by atoms with Crippen LogP contribution in [0.3, 0.4) is 0 Å². The van der Waals surface area contributed by atoms with Crippen LogP contribution >= 0.6 is 0 Å². The van der Waals surface area contributed by atoms with Crippen molar-refractivity contribution in [3.63, 3.8) is 0 Å². The number of amides is 1. The number of rotatable bonds is 2. The maximum atomic E-state index is 11.3. The normalized spacial score (nSPS) is 18.5. The fourth-order valence-electron chi connectivity index (χ4n) is 1.48. The third kappa shape index (κ3) is 2.83.